The van der Waals surface area contributed by atoms with E-state index in [2.05, 4.69) is 43.1 Å². The third-order valence-corrected chi connectivity index (χ3v) is 3.92. The standard InChI is InChI=1S/C18H32N2O/c1-5-20(6-2)14-10-11-16(4)19-15-17-12-8-9-13-18(17)21-7-3/h8-9,12-13,16,19H,5-7,10-11,14-15H2,1-4H3. The topological polar surface area (TPSA) is 24.5 Å². The Morgan fingerprint density at radius 3 is 2.52 bits per heavy atom. The van der Waals surface area contributed by atoms with Gasteiger partial charge in [0.2, 0.25) is 0 Å². The van der Waals surface area contributed by atoms with Gasteiger partial charge >= 0.3 is 0 Å². The predicted octanol–water partition coefficient (Wildman–Crippen LogP) is 3.69. The number of hydrogen-bond donors (Lipinski definition) is 1. The van der Waals surface area contributed by atoms with E-state index in [1.807, 2.05) is 19.1 Å². The van der Waals surface area contributed by atoms with Crippen molar-refractivity contribution in [3.05, 3.63) is 29.8 Å². The second-order valence-corrected chi connectivity index (χ2v) is 5.49. The van der Waals surface area contributed by atoms with Gasteiger partial charge in [0.15, 0.2) is 0 Å². The van der Waals surface area contributed by atoms with E-state index in [-0.39, 0.29) is 0 Å². The van der Waals surface area contributed by atoms with Crippen LogP contribution in [-0.4, -0.2) is 37.2 Å². The van der Waals surface area contributed by atoms with E-state index in [4.69, 9.17) is 4.74 Å². The molecule has 0 aromatic heterocycles. The summed E-state index contributed by atoms with van der Waals surface area (Å²) in [5, 5.41) is 3.61. The Kier molecular flexibility index (Phi) is 9.11. The summed E-state index contributed by atoms with van der Waals surface area (Å²) in [5.74, 6) is 1.00. The van der Waals surface area contributed by atoms with Gasteiger partial charge in [-0.15, -0.1) is 0 Å². The smallest absolute Gasteiger partial charge is 0.123 e. The molecule has 3 nitrogen and oxygen atoms in total. The Morgan fingerprint density at radius 2 is 1.86 bits per heavy atom. The summed E-state index contributed by atoms with van der Waals surface area (Å²) >= 11 is 0. The molecule has 1 unspecified atom stereocenters. The van der Waals surface area contributed by atoms with E-state index >= 15 is 0 Å². The van der Waals surface area contributed by atoms with Crippen molar-refractivity contribution in [1.29, 1.82) is 0 Å². The van der Waals surface area contributed by atoms with Crippen molar-refractivity contribution in [2.24, 2.45) is 0 Å². The SMILES string of the molecule is CCOc1ccccc1CNC(C)CCCN(CC)CC. The van der Waals surface area contributed by atoms with Crippen LogP contribution in [0.25, 0.3) is 0 Å². The van der Waals surface area contributed by atoms with Crippen molar-refractivity contribution in [1.82, 2.24) is 10.2 Å². The zero-order valence-corrected chi connectivity index (χ0v) is 14.2. The Balaban J connectivity index is 2.31. The van der Waals surface area contributed by atoms with Crippen molar-refractivity contribution in [2.75, 3.05) is 26.2 Å². The minimum atomic E-state index is 0.537. The van der Waals surface area contributed by atoms with Crippen LogP contribution in [0.15, 0.2) is 24.3 Å². The molecule has 0 bridgehead atoms. The molecule has 1 atom stereocenters. The first-order valence-corrected chi connectivity index (χ1v) is 8.37. The van der Waals surface area contributed by atoms with Crippen LogP contribution in [0.4, 0.5) is 0 Å². The molecule has 0 saturated heterocycles. The Morgan fingerprint density at radius 1 is 1.14 bits per heavy atom. The molecule has 0 aliphatic heterocycles. The van der Waals surface area contributed by atoms with Crippen molar-refractivity contribution in [3.8, 4) is 5.75 Å². The number of rotatable bonds is 11. The van der Waals surface area contributed by atoms with E-state index in [0.717, 1.165) is 32.0 Å². The fraction of sp³-hybridized carbons (Fsp3) is 0.667. The number of para-hydroxylation sites is 1. The van der Waals surface area contributed by atoms with Crippen LogP contribution >= 0.6 is 0 Å². The van der Waals surface area contributed by atoms with Gasteiger partial charge < -0.3 is 15.0 Å². The van der Waals surface area contributed by atoms with Gasteiger partial charge in [-0.3, -0.25) is 0 Å². The van der Waals surface area contributed by atoms with Crippen LogP contribution in [0, 0.1) is 0 Å². The molecule has 120 valence electrons. The van der Waals surface area contributed by atoms with Gasteiger partial charge in [0.25, 0.3) is 0 Å². The minimum Gasteiger partial charge on any atom is -0.494 e. The maximum atomic E-state index is 5.66. The molecule has 0 saturated carbocycles. The van der Waals surface area contributed by atoms with Crippen LogP contribution in [0.1, 0.15) is 46.1 Å². The van der Waals surface area contributed by atoms with Gasteiger partial charge in [-0.2, -0.15) is 0 Å². The second kappa shape index (κ2) is 10.6. The maximum Gasteiger partial charge on any atom is 0.123 e. The summed E-state index contributed by atoms with van der Waals surface area (Å²) in [6.45, 7) is 13.9. The third-order valence-electron chi connectivity index (χ3n) is 3.92. The highest BCUT2D eigenvalue weighted by Crippen LogP contribution is 2.17. The first-order chi connectivity index (χ1) is 10.2. The Labute approximate surface area is 130 Å². The Hall–Kier alpha value is -1.06. The zero-order chi connectivity index (χ0) is 15.5. The van der Waals surface area contributed by atoms with Gasteiger partial charge in [-0.25, -0.2) is 0 Å². The van der Waals surface area contributed by atoms with Crippen LogP contribution in [0.5, 0.6) is 5.75 Å². The lowest BCUT2D eigenvalue weighted by atomic mass is 10.1. The van der Waals surface area contributed by atoms with Gasteiger partial charge in [0, 0.05) is 18.2 Å². The van der Waals surface area contributed by atoms with Gasteiger partial charge in [-0.1, -0.05) is 32.0 Å². The number of ether oxygens (including phenoxy) is 1. The van der Waals surface area contributed by atoms with E-state index in [1.165, 1.54) is 24.9 Å². The second-order valence-electron chi connectivity index (χ2n) is 5.49. The largest absolute Gasteiger partial charge is 0.494 e. The van der Waals surface area contributed by atoms with Crippen LogP contribution in [0.2, 0.25) is 0 Å². The lowest BCUT2D eigenvalue weighted by molar-refractivity contribution is 0.290. The number of nitrogens with zero attached hydrogens (tertiary/aromatic N) is 1. The zero-order valence-electron chi connectivity index (χ0n) is 14.2. The van der Waals surface area contributed by atoms with Crippen molar-refractivity contribution < 1.29 is 4.74 Å². The molecular weight excluding hydrogens is 260 g/mol. The van der Waals surface area contributed by atoms with Crippen molar-refractivity contribution >= 4 is 0 Å². The maximum absolute atomic E-state index is 5.66. The number of benzene rings is 1. The molecule has 3 heteroatoms. The average molecular weight is 292 g/mol. The molecule has 0 heterocycles. The highest BCUT2D eigenvalue weighted by atomic mass is 16.5. The molecule has 1 N–H and O–H groups in total. The minimum absolute atomic E-state index is 0.537. The highest BCUT2D eigenvalue weighted by molar-refractivity contribution is 5.33. The first-order valence-electron chi connectivity index (χ1n) is 8.37. The van der Waals surface area contributed by atoms with Crippen LogP contribution in [0.3, 0.4) is 0 Å². The lowest BCUT2D eigenvalue weighted by Gasteiger charge is -2.20. The monoisotopic (exact) mass is 292 g/mol. The average Bonchev–Trinajstić information content (AvgIpc) is 2.51. The summed E-state index contributed by atoms with van der Waals surface area (Å²) < 4.78 is 5.66. The van der Waals surface area contributed by atoms with Crippen molar-refractivity contribution in [3.63, 3.8) is 0 Å². The Bertz CT molecular complexity index is 377. The van der Waals surface area contributed by atoms with E-state index in [9.17, 15) is 0 Å². The molecule has 0 amide bonds. The predicted molar refractivity (Wildman–Crippen MR) is 90.9 cm³/mol. The molecule has 1 rings (SSSR count). The summed E-state index contributed by atoms with van der Waals surface area (Å²) in [5.41, 5.74) is 1.25. The van der Waals surface area contributed by atoms with Gasteiger partial charge in [0.1, 0.15) is 5.75 Å². The summed E-state index contributed by atoms with van der Waals surface area (Å²) in [6, 6.07) is 8.83. The van der Waals surface area contributed by atoms with Crippen LogP contribution < -0.4 is 10.1 Å². The molecule has 0 spiro atoms. The molecule has 0 aliphatic rings. The lowest BCUT2D eigenvalue weighted by Crippen LogP contribution is -2.28. The normalized spacial score (nSPS) is 12.6. The van der Waals surface area contributed by atoms with Crippen LogP contribution in [-0.2, 0) is 6.54 Å². The number of hydrogen-bond acceptors (Lipinski definition) is 3. The molecule has 1 aromatic rings. The van der Waals surface area contributed by atoms with E-state index in [1.54, 1.807) is 0 Å². The third kappa shape index (κ3) is 6.96. The molecule has 0 fully saturated rings. The van der Waals surface area contributed by atoms with E-state index < -0.39 is 0 Å². The summed E-state index contributed by atoms with van der Waals surface area (Å²) in [7, 11) is 0. The first kappa shape index (κ1) is 18.0. The number of nitrogens with one attached hydrogen (secondary N) is 1. The quantitative estimate of drug-likeness (QED) is 0.673. The van der Waals surface area contributed by atoms with Crippen molar-refractivity contribution in [2.45, 2.75) is 53.1 Å². The van der Waals surface area contributed by atoms with E-state index in [0.29, 0.717) is 6.04 Å². The summed E-state index contributed by atoms with van der Waals surface area (Å²) in [4.78, 5) is 2.48. The van der Waals surface area contributed by atoms with Gasteiger partial charge in [-0.05, 0) is 52.4 Å². The molecule has 1 aromatic carbocycles. The van der Waals surface area contributed by atoms with Gasteiger partial charge in [0.05, 0.1) is 6.61 Å². The fourth-order valence-corrected chi connectivity index (χ4v) is 2.49. The molecule has 21 heavy (non-hydrogen) atoms. The molecule has 0 radical (unpaired) electrons. The highest BCUT2D eigenvalue weighted by Gasteiger charge is 2.06. The molecule has 0 aliphatic carbocycles. The summed E-state index contributed by atoms with van der Waals surface area (Å²) in [6.07, 6.45) is 2.47. The fourth-order valence-electron chi connectivity index (χ4n) is 2.49. The molecular formula is C18H32N2O.